The lowest BCUT2D eigenvalue weighted by molar-refractivity contribution is -0.217. The Bertz CT molecular complexity index is 1280. The number of aromatic hydroxyl groups is 1. The SMILES string of the molecule is COc1cc(-c2ccc3c(O)n(-c4cnn(CC(OC)C(F)(F)F)c4)cc3n2)cnc1OC. The molecule has 0 radical (unpaired) electrons. The predicted molar refractivity (Wildman–Crippen MR) is 112 cm³/mol. The van der Waals surface area contributed by atoms with Crippen molar-refractivity contribution in [1.29, 1.82) is 0 Å². The van der Waals surface area contributed by atoms with Crippen LogP contribution in [0.25, 0.3) is 27.8 Å². The molecule has 1 N–H and O–H groups in total. The van der Waals surface area contributed by atoms with Gasteiger partial charge in [0.25, 0.3) is 5.88 Å². The molecule has 4 aromatic heterocycles. The molecule has 0 saturated carbocycles. The van der Waals surface area contributed by atoms with E-state index in [0.29, 0.717) is 39.5 Å². The van der Waals surface area contributed by atoms with Crippen molar-refractivity contribution in [1.82, 2.24) is 24.3 Å². The number of nitrogens with zero attached hydrogens (tertiary/aromatic N) is 5. The Labute approximate surface area is 186 Å². The molecule has 12 heteroatoms. The second-order valence-electron chi connectivity index (χ2n) is 7.07. The summed E-state index contributed by atoms with van der Waals surface area (Å²) in [4.78, 5) is 8.77. The topological polar surface area (TPSA) is 96.5 Å². The van der Waals surface area contributed by atoms with Crippen LogP contribution in [-0.2, 0) is 11.3 Å². The van der Waals surface area contributed by atoms with Gasteiger partial charge in [0, 0.05) is 31.3 Å². The Morgan fingerprint density at radius 2 is 1.88 bits per heavy atom. The average molecular weight is 463 g/mol. The fourth-order valence-electron chi connectivity index (χ4n) is 3.36. The van der Waals surface area contributed by atoms with Crippen LogP contribution >= 0.6 is 0 Å². The van der Waals surface area contributed by atoms with Crippen molar-refractivity contribution < 1.29 is 32.5 Å². The van der Waals surface area contributed by atoms with Crippen molar-refractivity contribution in [2.75, 3.05) is 21.3 Å². The smallest absolute Gasteiger partial charge is 0.416 e. The third-order valence-electron chi connectivity index (χ3n) is 5.07. The van der Waals surface area contributed by atoms with Crippen LogP contribution in [0.1, 0.15) is 0 Å². The zero-order valence-electron chi connectivity index (χ0n) is 17.9. The fourth-order valence-corrected chi connectivity index (χ4v) is 3.36. The van der Waals surface area contributed by atoms with E-state index < -0.39 is 18.8 Å². The zero-order valence-corrected chi connectivity index (χ0v) is 17.9. The standard InChI is InChI=1S/C21H20F3N5O4/c1-31-17-6-12(7-25-19(17)33-3)15-5-4-14-16(27-15)10-29(20(14)30)13-8-26-28(9-13)11-18(32-2)21(22,23)24/h4-10,18,30H,11H2,1-3H3. The number of fused-ring (bicyclic) bond motifs is 1. The van der Waals surface area contributed by atoms with Gasteiger partial charge in [-0.05, 0) is 18.2 Å². The number of rotatable bonds is 7. The fraction of sp³-hybridized carbons (Fsp3) is 0.286. The van der Waals surface area contributed by atoms with Crippen molar-refractivity contribution in [2.45, 2.75) is 18.8 Å². The monoisotopic (exact) mass is 463 g/mol. The summed E-state index contributed by atoms with van der Waals surface area (Å²) in [6, 6.07) is 5.13. The average Bonchev–Trinajstić information content (AvgIpc) is 3.40. The van der Waals surface area contributed by atoms with Gasteiger partial charge < -0.3 is 19.3 Å². The number of hydrogen-bond acceptors (Lipinski definition) is 7. The van der Waals surface area contributed by atoms with Gasteiger partial charge in [0.15, 0.2) is 11.9 Å². The molecule has 9 nitrogen and oxygen atoms in total. The molecule has 0 aliphatic carbocycles. The van der Waals surface area contributed by atoms with Crippen molar-refractivity contribution in [2.24, 2.45) is 0 Å². The summed E-state index contributed by atoms with van der Waals surface area (Å²) in [7, 11) is 3.98. The first-order valence-corrected chi connectivity index (χ1v) is 9.67. The summed E-state index contributed by atoms with van der Waals surface area (Å²) in [6.07, 6.45) is -0.632. The highest BCUT2D eigenvalue weighted by Crippen LogP contribution is 2.33. The van der Waals surface area contributed by atoms with E-state index >= 15 is 0 Å². The van der Waals surface area contributed by atoms with Gasteiger partial charge in [-0.3, -0.25) is 9.25 Å². The molecule has 0 fully saturated rings. The van der Waals surface area contributed by atoms with Crippen LogP contribution < -0.4 is 9.47 Å². The summed E-state index contributed by atoms with van der Waals surface area (Å²) in [5.74, 6) is 0.662. The highest BCUT2D eigenvalue weighted by Gasteiger charge is 2.40. The van der Waals surface area contributed by atoms with Crippen LogP contribution in [0.4, 0.5) is 13.2 Å². The highest BCUT2D eigenvalue weighted by molar-refractivity contribution is 5.87. The molecule has 0 aliphatic heterocycles. The largest absolute Gasteiger partial charge is 0.494 e. The maximum absolute atomic E-state index is 13.0. The molecule has 4 rings (SSSR count). The van der Waals surface area contributed by atoms with Crippen LogP contribution in [0.2, 0.25) is 0 Å². The second-order valence-corrected chi connectivity index (χ2v) is 7.07. The molecule has 4 heterocycles. The minimum absolute atomic E-state index is 0.117. The van der Waals surface area contributed by atoms with E-state index in [2.05, 4.69) is 19.8 Å². The molecule has 0 amide bonds. The molecule has 1 atom stereocenters. The minimum Gasteiger partial charge on any atom is -0.494 e. The summed E-state index contributed by atoms with van der Waals surface area (Å²) < 4.78 is 56.3. The van der Waals surface area contributed by atoms with E-state index in [1.54, 1.807) is 30.6 Å². The van der Waals surface area contributed by atoms with E-state index in [-0.39, 0.29) is 5.88 Å². The molecule has 0 aromatic carbocycles. The molecule has 4 aromatic rings. The maximum atomic E-state index is 13.0. The van der Waals surface area contributed by atoms with Crippen molar-refractivity contribution in [3.05, 3.63) is 43.0 Å². The number of hydrogen-bond donors (Lipinski definition) is 1. The molecular weight excluding hydrogens is 443 g/mol. The summed E-state index contributed by atoms with van der Waals surface area (Å²) in [5, 5.41) is 15.1. The third-order valence-corrected chi connectivity index (χ3v) is 5.07. The van der Waals surface area contributed by atoms with Gasteiger partial charge in [0.05, 0.1) is 49.2 Å². The molecule has 0 spiro atoms. The number of ether oxygens (including phenoxy) is 3. The van der Waals surface area contributed by atoms with Gasteiger partial charge in [-0.1, -0.05) is 0 Å². The first kappa shape index (κ1) is 22.4. The Hall–Kier alpha value is -3.80. The molecule has 0 saturated heterocycles. The molecule has 0 bridgehead atoms. The normalized spacial score (nSPS) is 12.8. The minimum atomic E-state index is -4.52. The third kappa shape index (κ3) is 4.29. The van der Waals surface area contributed by atoms with Crippen LogP contribution in [0.15, 0.2) is 43.0 Å². The van der Waals surface area contributed by atoms with E-state index in [1.807, 2.05) is 0 Å². The van der Waals surface area contributed by atoms with Crippen LogP contribution in [-0.4, -0.2) is 63.0 Å². The van der Waals surface area contributed by atoms with Gasteiger partial charge in [0.1, 0.15) is 0 Å². The lowest BCUT2D eigenvalue weighted by Gasteiger charge is -2.18. The van der Waals surface area contributed by atoms with Gasteiger partial charge in [-0.15, -0.1) is 0 Å². The van der Waals surface area contributed by atoms with E-state index in [9.17, 15) is 18.3 Å². The number of methoxy groups -OCH3 is 3. The first-order valence-electron chi connectivity index (χ1n) is 9.67. The number of alkyl halides is 3. The zero-order chi connectivity index (χ0) is 23.8. The van der Waals surface area contributed by atoms with Crippen LogP contribution in [0.5, 0.6) is 17.5 Å². The molecular formula is C21H20F3N5O4. The maximum Gasteiger partial charge on any atom is 0.416 e. The Morgan fingerprint density at radius 1 is 1.09 bits per heavy atom. The Balaban J connectivity index is 1.66. The van der Waals surface area contributed by atoms with Crippen LogP contribution in [0, 0.1) is 0 Å². The first-order chi connectivity index (χ1) is 15.7. The molecule has 1 unspecified atom stereocenters. The van der Waals surface area contributed by atoms with Crippen molar-refractivity contribution in [3.8, 4) is 34.5 Å². The molecule has 0 aliphatic rings. The molecule has 174 valence electrons. The van der Waals surface area contributed by atoms with E-state index in [4.69, 9.17) is 9.47 Å². The lowest BCUT2D eigenvalue weighted by atomic mass is 10.1. The summed E-state index contributed by atoms with van der Waals surface area (Å²) >= 11 is 0. The van der Waals surface area contributed by atoms with E-state index in [1.165, 1.54) is 31.2 Å². The van der Waals surface area contributed by atoms with Crippen molar-refractivity contribution >= 4 is 10.9 Å². The lowest BCUT2D eigenvalue weighted by Crippen LogP contribution is -2.34. The number of halogens is 3. The quantitative estimate of drug-likeness (QED) is 0.448. The van der Waals surface area contributed by atoms with Crippen molar-refractivity contribution in [3.63, 3.8) is 0 Å². The van der Waals surface area contributed by atoms with E-state index in [0.717, 1.165) is 11.8 Å². The van der Waals surface area contributed by atoms with Gasteiger partial charge in [-0.25, -0.2) is 9.97 Å². The number of pyridine rings is 2. The predicted octanol–water partition coefficient (Wildman–Crippen LogP) is 3.58. The highest BCUT2D eigenvalue weighted by atomic mass is 19.4. The Kier molecular flexibility index (Phi) is 5.85. The van der Waals surface area contributed by atoms with Gasteiger partial charge in [-0.2, -0.15) is 18.3 Å². The molecule has 33 heavy (non-hydrogen) atoms. The summed E-state index contributed by atoms with van der Waals surface area (Å²) in [6.45, 7) is -0.518. The number of aromatic nitrogens is 5. The van der Waals surface area contributed by atoms with Crippen LogP contribution in [0.3, 0.4) is 0 Å². The summed E-state index contributed by atoms with van der Waals surface area (Å²) in [5.41, 5.74) is 2.10. The van der Waals surface area contributed by atoms with Gasteiger partial charge in [0.2, 0.25) is 5.88 Å². The van der Waals surface area contributed by atoms with Gasteiger partial charge >= 0.3 is 6.18 Å². The second kappa shape index (κ2) is 8.62. The Morgan fingerprint density at radius 3 is 2.55 bits per heavy atom.